The molecule has 0 atom stereocenters. The Morgan fingerprint density at radius 3 is 2.50 bits per heavy atom. The van der Waals surface area contributed by atoms with Crippen LogP contribution in [0.1, 0.15) is 15.9 Å². The van der Waals surface area contributed by atoms with Crippen molar-refractivity contribution in [3.8, 4) is 6.07 Å². The molecule has 0 aromatic heterocycles. The summed E-state index contributed by atoms with van der Waals surface area (Å²) in [4.78, 5) is 10.9. The molecule has 0 amide bonds. The molecular weight excluding hydrogens is 232 g/mol. The van der Waals surface area contributed by atoms with E-state index in [1.165, 1.54) is 6.07 Å². The maximum absolute atomic E-state index is 11.2. The number of hydrogen-bond acceptors (Lipinski definition) is 5. The number of ether oxygens (including phenoxy) is 1. The minimum absolute atomic E-state index is 0.0203. The van der Waals surface area contributed by atoms with Gasteiger partial charge in [0.25, 0.3) is 0 Å². The minimum Gasteiger partial charge on any atom is -0.465 e. The molecule has 1 aromatic rings. The number of nitrogens with zero attached hydrogens (tertiary/aromatic N) is 1. The van der Waals surface area contributed by atoms with Crippen molar-refractivity contribution in [2.45, 2.75) is 4.90 Å². The molecule has 7 heteroatoms. The van der Waals surface area contributed by atoms with Crippen LogP contribution in [-0.4, -0.2) is 21.5 Å². The fourth-order valence-corrected chi connectivity index (χ4v) is 1.65. The number of primary sulfonamides is 1. The first-order valence-corrected chi connectivity index (χ1v) is 5.59. The fraction of sp³-hybridized carbons (Fsp3) is 0.111. The predicted molar refractivity (Wildman–Crippen MR) is 53.9 cm³/mol. The van der Waals surface area contributed by atoms with Gasteiger partial charge in [0.2, 0.25) is 10.0 Å². The molecule has 0 saturated heterocycles. The summed E-state index contributed by atoms with van der Waals surface area (Å²) in [6.07, 6.45) is 0. The number of rotatable bonds is 2. The molecule has 0 aliphatic rings. The molecule has 0 spiro atoms. The van der Waals surface area contributed by atoms with Crippen molar-refractivity contribution >= 4 is 16.0 Å². The van der Waals surface area contributed by atoms with Gasteiger partial charge in [0.1, 0.15) is 0 Å². The average molecular weight is 240 g/mol. The number of carbonyl (C=O) groups is 1. The van der Waals surface area contributed by atoms with Gasteiger partial charge in [-0.15, -0.1) is 0 Å². The van der Waals surface area contributed by atoms with Gasteiger partial charge in [-0.3, -0.25) is 0 Å². The van der Waals surface area contributed by atoms with Gasteiger partial charge in [0, 0.05) is 0 Å². The van der Waals surface area contributed by atoms with Crippen molar-refractivity contribution in [2.24, 2.45) is 5.14 Å². The largest absolute Gasteiger partial charge is 0.465 e. The number of benzene rings is 1. The first kappa shape index (κ1) is 12.2. The van der Waals surface area contributed by atoms with Crippen LogP contribution in [0.15, 0.2) is 23.1 Å². The molecule has 0 bridgehead atoms. The van der Waals surface area contributed by atoms with E-state index in [1.807, 2.05) is 0 Å². The molecule has 16 heavy (non-hydrogen) atoms. The molecule has 1 rings (SSSR count). The third-order valence-corrected chi connectivity index (χ3v) is 2.68. The first-order chi connectivity index (χ1) is 7.38. The Balaban J connectivity index is 3.46. The van der Waals surface area contributed by atoms with Crippen LogP contribution in [0.4, 0.5) is 0 Å². The maximum atomic E-state index is 11.2. The molecule has 0 radical (unpaired) electrons. The van der Waals surface area contributed by atoms with Gasteiger partial charge >= 0.3 is 5.97 Å². The van der Waals surface area contributed by atoms with Crippen LogP contribution in [0.3, 0.4) is 0 Å². The van der Waals surface area contributed by atoms with E-state index in [0.717, 1.165) is 19.2 Å². The van der Waals surface area contributed by atoms with Gasteiger partial charge in [0.05, 0.1) is 29.2 Å². The summed E-state index contributed by atoms with van der Waals surface area (Å²) in [6, 6.07) is 5.10. The Morgan fingerprint density at radius 2 is 2.06 bits per heavy atom. The van der Waals surface area contributed by atoms with Crippen LogP contribution in [0.25, 0.3) is 0 Å². The van der Waals surface area contributed by atoms with Crippen molar-refractivity contribution in [1.29, 1.82) is 5.26 Å². The number of carbonyl (C=O) groups excluding carboxylic acids is 1. The van der Waals surface area contributed by atoms with Crippen molar-refractivity contribution in [3.05, 3.63) is 29.3 Å². The highest BCUT2D eigenvalue weighted by molar-refractivity contribution is 7.89. The van der Waals surface area contributed by atoms with Gasteiger partial charge in [-0.1, -0.05) is 0 Å². The lowest BCUT2D eigenvalue weighted by molar-refractivity contribution is 0.0600. The Morgan fingerprint density at radius 1 is 1.44 bits per heavy atom. The summed E-state index contributed by atoms with van der Waals surface area (Å²) in [7, 11) is -2.81. The van der Waals surface area contributed by atoms with E-state index < -0.39 is 16.0 Å². The quantitative estimate of drug-likeness (QED) is 0.731. The third kappa shape index (κ3) is 2.56. The topological polar surface area (TPSA) is 110 Å². The molecule has 0 saturated carbocycles. The van der Waals surface area contributed by atoms with E-state index in [1.54, 1.807) is 6.07 Å². The number of nitrogens with two attached hydrogens (primary N) is 1. The SMILES string of the molecule is COC(=O)c1cc(C#N)cc(S(N)(=O)=O)c1. The zero-order valence-electron chi connectivity index (χ0n) is 8.30. The Labute approximate surface area is 92.3 Å². The fourth-order valence-electron chi connectivity index (χ4n) is 1.06. The number of hydrogen-bond donors (Lipinski definition) is 1. The second kappa shape index (κ2) is 4.30. The van der Waals surface area contributed by atoms with Gasteiger partial charge in [-0.2, -0.15) is 5.26 Å². The van der Waals surface area contributed by atoms with Gasteiger partial charge in [-0.05, 0) is 18.2 Å². The summed E-state index contributed by atoms with van der Waals surface area (Å²) in [6.45, 7) is 0. The zero-order chi connectivity index (χ0) is 12.3. The smallest absolute Gasteiger partial charge is 0.337 e. The molecule has 84 valence electrons. The van der Waals surface area contributed by atoms with Gasteiger partial charge < -0.3 is 4.74 Å². The third-order valence-electron chi connectivity index (χ3n) is 1.79. The van der Waals surface area contributed by atoms with Crippen LogP contribution in [0, 0.1) is 11.3 Å². The van der Waals surface area contributed by atoms with Crippen molar-refractivity contribution < 1.29 is 17.9 Å². The molecular formula is C9H8N2O4S. The molecule has 0 heterocycles. The lowest BCUT2D eigenvalue weighted by Gasteiger charge is -2.03. The maximum Gasteiger partial charge on any atom is 0.337 e. The van der Waals surface area contributed by atoms with Gasteiger partial charge in [-0.25, -0.2) is 18.4 Å². The second-order valence-corrected chi connectivity index (χ2v) is 4.46. The summed E-state index contributed by atoms with van der Waals surface area (Å²) in [5.41, 5.74) is -0.0162. The van der Waals surface area contributed by atoms with Crippen LogP contribution in [-0.2, 0) is 14.8 Å². The van der Waals surface area contributed by atoms with E-state index in [0.29, 0.717) is 0 Å². The van der Waals surface area contributed by atoms with E-state index in [-0.39, 0.29) is 16.0 Å². The van der Waals surface area contributed by atoms with E-state index >= 15 is 0 Å². The number of esters is 1. The summed E-state index contributed by atoms with van der Waals surface area (Å²) in [5, 5.41) is 13.6. The highest BCUT2D eigenvalue weighted by Gasteiger charge is 2.14. The van der Waals surface area contributed by atoms with Crippen LogP contribution in [0.5, 0.6) is 0 Å². The highest BCUT2D eigenvalue weighted by atomic mass is 32.2. The van der Waals surface area contributed by atoms with Crippen LogP contribution >= 0.6 is 0 Å². The lowest BCUT2D eigenvalue weighted by atomic mass is 10.1. The molecule has 2 N–H and O–H groups in total. The standard InChI is InChI=1S/C9H8N2O4S/c1-15-9(12)7-2-6(5-10)3-8(4-7)16(11,13)14/h2-4H,1H3,(H2,11,13,14). The molecule has 1 aromatic carbocycles. The Kier molecular flexibility index (Phi) is 3.27. The highest BCUT2D eigenvalue weighted by Crippen LogP contribution is 2.14. The summed E-state index contributed by atoms with van der Waals surface area (Å²) in [5.74, 6) is -0.734. The van der Waals surface area contributed by atoms with Crippen LogP contribution in [0.2, 0.25) is 0 Å². The van der Waals surface area contributed by atoms with Crippen molar-refractivity contribution in [1.82, 2.24) is 0 Å². The predicted octanol–water partition coefficient (Wildman–Crippen LogP) is -0.00772. The van der Waals surface area contributed by atoms with E-state index in [9.17, 15) is 13.2 Å². The van der Waals surface area contributed by atoms with Crippen LogP contribution < -0.4 is 5.14 Å². The molecule has 0 aliphatic heterocycles. The summed E-state index contributed by atoms with van der Waals surface area (Å²) < 4.78 is 26.6. The molecule has 0 aliphatic carbocycles. The Hall–Kier alpha value is -1.91. The minimum atomic E-state index is -3.96. The van der Waals surface area contributed by atoms with E-state index in [2.05, 4.69) is 4.74 Å². The first-order valence-electron chi connectivity index (χ1n) is 4.05. The lowest BCUT2D eigenvalue weighted by Crippen LogP contribution is -2.14. The zero-order valence-corrected chi connectivity index (χ0v) is 9.11. The van der Waals surface area contributed by atoms with Crippen molar-refractivity contribution in [2.75, 3.05) is 7.11 Å². The van der Waals surface area contributed by atoms with E-state index in [4.69, 9.17) is 10.4 Å². The average Bonchev–Trinajstić information content (AvgIpc) is 2.26. The summed E-state index contributed by atoms with van der Waals surface area (Å²) >= 11 is 0. The number of sulfonamides is 1. The van der Waals surface area contributed by atoms with Crippen molar-refractivity contribution in [3.63, 3.8) is 0 Å². The molecule has 0 fully saturated rings. The number of methoxy groups -OCH3 is 1. The number of nitriles is 1. The Bertz CT molecular complexity index is 572. The molecule has 0 unspecified atom stereocenters. The molecule has 6 nitrogen and oxygen atoms in total. The normalized spacial score (nSPS) is 10.6. The van der Waals surface area contributed by atoms with Gasteiger partial charge in [0.15, 0.2) is 0 Å². The monoisotopic (exact) mass is 240 g/mol. The second-order valence-electron chi connectivity index (χ2n) is 2.89.